The maximum Gasteiger partial charge on any atom is 0.181 e. The van der Waals surface area contributed by atoms with Gasteiger partial charge in [-0.25, -0.2) is 0 Å². The minimum atomic E-state index is 0.164. The van der Waals surface area contributed by atoms with Gasteiger partial charge in [0.2, 0.25) is 0 Å². The Balaban J connectivity index is 2.65. The average molecular weight is 251 g/mol. The molecular formula is C14H25N3O. The topological polar surface area (TPSA) is 60.9 Å². The second-order valence-electron chi connectivity index (χ2n) is 5.30. The van der Waals surface area contributed by atoms with E-state index < -0.39 is 0 Å². The number of hydrogen-bond acceptors (Lipinski definition) is 3. The van der Waals surface area contributed by atoms with Gasteiger partial charge in [0, 0.05) is 19.2 Å². The zero-order chi connectivity index (χ0) is 13.5. The second-order valence-corrected chi connectivity index (χ2v) is 5.30. The summed E-state index contributed by atoms with van der Waals surface area (Å²) in [7, 11) is 0. The van der Waals surface area contributed by atoms with Crippen LogP contribution in [0.2, 0.25) is 0 Å². The Morgan fingerprint density at radius 1 is 1.50 bits per heavy atom. The molecule has 0 aliphatic carbocycles. The summed E-state index contributed by atoms with van der Waals surface area (Å²) >= 11 is 0. The summed E-state index contributed by atoms with van der Waals surface area (Å²) in [6.45, 7) is 7.78. The molecule has 0 aromatic carbocycles. The van der Waals surface area contributed by atoms with Crippen LogP contribution in [-0.4, -0.2) is 22.1 Å². The molecule has 4 heteroatoms. The van der Waals surface area contributed by atoms with Crippen LogP contribution in [0.1, 0.15) is 50.5 Å². The summed E-state index contributed by atoms with van der Waals surface area (Å²) in [5.74, 6) is 1.02. The first-order valence-corrected chi connectivity index (χ1v) is 6.83. The van der Waals surface area contributed by atoms with Crippen LogP contribution in [0.15, 0.2) is 12.3 Å². The number of ketones is 1. The number of aromatic nitrogens is 2. The summed E-state index contributed by atoms with van der Waals surface area (Å²) in [5, 5.41) is 4.19. The molecule has 1 atom stereocenters. The molecule has 1 rings (SSSR count). The lowest BCUT2D eigenvalue weighted by atomic mass is 9.92. The highest BCUT2D eigenvalue weighted by molar-refractivity contribution is 5.94. The van der Waals surface area contributed by atoms with E-state index in [-0.39, 0.29) is 11.7 Å². The van der Waals surface area contributed by atoms with Crippen LogP contribution in [0.25, 0.3) is 0 Å². The maximum atomic E-state index is 12.2. The van der Waals surface area contributed by atoms with Crippen molar-refractivity contribution in [3.8, 4) is 0 Å². The standard InChI is InChI=1S/C14H25N3O/c1-4-7-17-13(5-6-16-17)14(18)9-12(10-15)8-11(2)3/h5-6,11-12H,4,7-10,15H2,1-3H3. The normalized spacial score (nSPS) is 12.9. The fourth-order valence-corrected chi connectivity index (χ4v) is 2.26. The van der Waals surface area contributed by atoms with E-state index in [0.29, 0.717) is 18.9 Å². The number of rotatable bonds is 8. The Bertz CT molecular complexity index is 371. The van der Waals surface area contributed by atoms with Gasteiger partial charge in [-0.05, 0) is 37.3 Å². The van der Waals surface area contributed by atoms with Gasteiger partial charge in [-0.15, -0.1) is 0 Å². The van der Waals surface area contributed by atoms with Crippen LogP contribution in [0.5, 0.6) is 0 Å². The minimum absolute atomic E-state index is 0.164. The van der Waals surface area contributed by atoms with E-state index >= 15 is 0 Å². The third-order valence-electron chi connectivity index (χ3n) is 3.05. The molecule has 0 aliphatic rings. The molecule has 1 aromatic rings. The quantitative estimate of drug-likeness (QED) is 0.722. The van der Waals surface area contributed by atoms with Gasteiger partial charge in [0.1, 0.15) is 5.69 Å². The van der Waals surface area contributed by atoms with E-state index in [2.05, 4.69) is 25.9 Å². The number of nitrogens with zero attached hydrogens (tertiary/aromatic N) is 2. The molecule has 0 amide bonds. The largest absolute Gasteiger partial charge is 0.330 e. The molecule has 1 unspecified atom stereocenters. The van der Waals surface area contributed by atoms with Gasteiger partial charge in [0.05, 0.1) is 0 Å². The van der Waals surface area contributed by atoms with Crippen molar-refractivity contribution in [2.75, 3.05) is 6.54 Å². The molecule has 0 bridgehead atoms. The van der Waals surface area contributed by atoms with Crippen LogP contribution in [0, 0.1) is 11.8 Å². The molecule has 0 aliphatic heterocycles. The Morgan fingerprint density at radius 3 is 2.78 bits per heavy atom. The SMILES string of the molecule is CCCn1nccc1C(=O)CC(CN)CC(C)C. The fourth-order valence-electron chi connectivity index (χ4n) is 2.26. The van der Waals surface area contributed by atoms with Gasteiger partial charge >= 0.3 is 0 Å². The Hall–Kier alpha value is -1.16. The van der Waals surface area contributed by atoms with Gasteiger partial charge in [-0.3, -0.25) is 9.48 Å². The first-order valence-electron chi connectivity index (χ1n) is 6.83. The molecule has 1 heterocycles. The lowest BCUT2D eigenvalue weighted by Gasteiger charge is -2.16. The fraction of sp³-hybridized carbons (Fsp3) is 0.714. The van der Waals surface area contributed by atoms with E-state index in [1.54, 1.807) is 16.9 Å². The Kier molecular flexibility index (Phi) is 6.05. The highest BCUT2D eigenvalue weighted by Crippen LogP contribution is 2.17. The summed E-state index contributed by atoms with van der Waals surface area (Å²) in [4.78, 5) is 12.2. The first-order chi connectivity index (χ1) is 8.58. The molecule has 0 radical (unpaired) electrons. The van der Waals surface area contributed by atoms with Gasteiger partial charge in [-0.2, -0.15) is 5.10 Å². The number of hydrogen-bond donors (Lipinski definition) is 1. The van der Waals surface area contributed by atoms with Crippen LogP contribution >= 0.6 is 0 Å². The van der Waals surface area contributed by atoms with Crippen LogP contribution < -0.4 is 5.73 Å². The molecule has 102 valence electrons. The molecule has 1 aromatic heterocycles. The van der Waals surface area contributed by atoms with Crippen LogP contribution in [0.4, 0.5) is 0 Å². The third-order valence-corrected chi connectivity index (χ3v) is 3.05. The number of nitrogens with two attached hydrogens (primary N) is 1. The monoisotopic (exact) mass is 251 g/mol. The Morgan fingerprint density at radius 2 is 2.22 bits per heavy atom. The van der Waals surface area contributed by atoms with Gasteiger partial charge < -0.3 is 5.73 Å². The van der Waals surface area contributed by atoms with E-state index in [9.17, 15) is 4.79 Å². The van der Waals surface area contributed by atoms with Gasteiger partial charge in [0.25, 0.3) is 0 Å². The zero-order valence-corrected chi connectivity index (χ0v) is 11.7. The van der Waals surface area contributed by atoms with Crippen molar-refractivity contribution in [1.82, 2.24) is 9.78 Å². The maximum absolute atomic E-state index is 12.2. The minimum Gasteiger partial charge on any atom is -0.330 e. The van der Waals surface area contributed by atoms with E-state index in [0.717, 1.165) is 25.1 Å². The van der Waals surface area contributed by atoms with Crippen molar-refractivity contribution in [3.05, 3.63) is 18.0 Å². The molecule has 0 spiro atoms. The van der Waals surface area contributed by atoms with Crippen molar-refractivity contribution in [2.45, 2.75) is 46.6 Å². The second kappa shape index (κ2) is 7.31. The molecule has 0 fully saturated rings. The number of aryl methyl sites for hydroxylation is 1. The number of carbonyl (C=O) groups excluding carboxylic acids is 1. The van der Waals surface area contributed by atoms with Crippen LogP contribution in [-0.2, 0) is 6.54 Å². The first kappa shape index (κ1) is 14.9. The highest BCUT2D eigenvalue weighted by Gasteiger charge is 2.18. The van der Waals surface area contributed by atoms with Crippen LogP contribution in [0.3, 0.4) is 0 Å². The average Bonchev–Trinajstić information content (AvgIpc) is 2.76. The van der Waals surface area contributed by atoms with E-state index in [1.807, 2.05) is 0 Å². The summed E-state index contributed by atoms with van der Waals surface area (Å²) in [6, 6.07) is 1.81. The molecule has 0 saturated carbocycles. The summed E-state index contributed by atoms with van der Waals surface area (Å²) in [6.07, 6.45) is 4.21. The lowest BCUT2D eigenvalue weighted by Crippen LogP contribution is -2.21. The summed E-state index contributed by atoms with van der Waals surface area (Å²) in [5.41, 5.74) is 6.47. The van der Waals surface area contributed by atoms with Crippen molar-refractivity contribution < 1.29 is 4.79 Å². The third kappa shape index (κ3) is 4.26. The zero-order valence-electron chi connectivity index (χ0n) is 11.7. The number of carbonyl (C=O) groups is 1. The molecule has 18 heavy (non-hydrogen) atoms. The van der Waals surface area contributed by atoms with Crippen molar-refractivity contribution in [1.29, 1.82) is 0 Å². The number of Topliss-reactive ketones (excluding diaryl/α,β-unsaturated/α-hetero) is 1. The molecule has 4 nitrogen and oxygen atoms in total. The lowest BCUT2D eigenvalue weighted by molar-refractivity contribution is 0.0946. The predicted molar refractivity (Wildman–Crippen MR) is 73.5 cm³/mol. The highest BCUT2D eigenvalue weighted by atomic mass is 16.1. The molecule has 2 N–H and O–H groups in total. The summed E-state index contributed by atoms with van der Waals surface area (Å²) < 4.78 is 1.80. The predicted octanol–water partition coefficient (Wildman–Crippen LogP) is 2.49. The van der Waals surface area contributed by atoms with E-state index in [1.165, 1.54) is 0 Å². The van der Waals surface area contributed by atoms with Gasteiger partial charge in [0.15, 0.2) is 5.78 Å². The smallest absolute Gasteiger partial charge is 0.181 e. The molecular weight excluding hydrogens is 226 g/mol. The van der Waals surface area contributed by atoms with Crippen molar-refractivity contribution in [2.24, 2.45) is 17.6 Å². The van der Waals surface area contributed by atoms with E-state index in [4.69, 9.17) is 5.73 Å². The molecule has 0 saturated heterocycles. The Labute approximate surface area is 110 Å². The van der Waals surface area contributed by atoms with Crippen molar-refractivity contribution in [3.63, 3.8) is 0 Å². The van der Waals surface area contributed by atoms with Crippen molar-refractivity contribution >= 4 is 5.78 Å². The van der Waals surface area contributed by atoms with Gasteiger partial charge in [-0.1, -0.05) is 20.8 Å².